The molecule has 0 radical (unpaired) electrons. The minimum atomic E-state index is -1.93. The van der Waals surface area contributed by atoms with Gasteiger partial charge in [0.1, 0.15) is 0 Å². The number of pyridine rings is 1. The third kappa shape index (κ3) is 4.06. The summed E-state index contributed by atoms with van der Waals surface area (Å²) in [5.74, 6) is 7.91. The zero-order valence-electron chi connectivity index (χ0n) is 20.1. The van der Waals surface area contributed by atoms with Crippen molar-refractivity contribution in [3.05, 3.63) is 103 Å². The summed E-state index contributed by atoms with van der Waals surface area (Å²) in [5.41, 5.74) is 6.72. The minimum absolute atomic E-state index is 0.627. The van der Waals surface area contributed by atoms with Crippen LogP contribution in [0.5, 0.6) is 0 Å². The van der Waals surface area contributed by atoms with Crippen molar-refractivity contribution in [2.24, 2.45) is 0 Å². The summed E-state index contributed by atoms with van der Waals surface area (Å²) in [4.78, 5) is 9.73. The van der Waals surface area contributed by atoms with Gasteiger partial charge in [0.05, 0.1) is 0 Å². The van der Waals surface area contributed by atoms with Gasteiger partial charge in [0, 0.05) is 0 Å². The molecule has 2 aromatic heterocycles. The second-order valence-corrected chi connectivity index (χ2v) is 20.6. The zero-order valence-corrected chi connectivity index (χ0v) is 22.2. The number of rotatable bonds is 4. The molecule has 0 fully saturated rings. The second kappa shape index (κ2) is 8.51. The Balaban J connectivity index is 1.60. The normalized spacial score (nSPS) is 11.9. The van der Waals surface area contributed by atoms with Crippen molar-refractivity contribution in [1.82, 2.24) is 9.97 Å². The van der Waals surface area contributed by atoms with Crippen molar-refractivity contribution in [2.45, 2.75) is 17.3 Å². The molecule has 4 aromatic carbocycles. The Morgan fingerprint density at radius 3 is 2.11 bits per heavy atom. The molecule has 2 heterocycles. The number of hydrogen-bond acceptors (Lipinski definition) is 3. The van der Waals surface area contributed by atoms with E-state index in [1.165, 1.54) is 9.78 Å². The summed E-state index contributed by atoms with van der Waals surface area (Å²) >= 11 is -1.93. The number of oxazole rings is 1. The van der Waals surface area contributed by atoms with Crippen LogP contribution in [0.2, 0.25) is 17.3 Å². The molecule has 6 rings (SSSR count). The van der Waals surface area contributed by atoms with Gasteiger partial charge in [-0.1, -0.05) is 18.2 Å². The molecular formula is C31H26GeN2O. The molecule has 0 atom stereocenters. The number of hydrogen-bond donors (Lipinski definition) is 0. The molecular weight excluding hydrogens is 489 g/mol. The van der Waals surface area contributed by atoms with Gasteiger partial charge in [-0.2, -0.15) is 0 Å². The van der Waals surface area contributed by atoms with Crippen LogP contribution in [-0.2, 0) is 0 Å². The number of fused-ring (bicyclic) bond motifs is 2. The van der Waals surface area contributed by atoms with Gasteiger partial charge in [-0.3, -0.25) is 0 Å². The molecule has 0 unspecified atom stereocenters. The van der Waals surface area contributed by atoms with Gasteiger partial charge in [-0.25, -0.2) is 0 Å². The van der Waals surface area contributed by atoms with Crippen LogP contribution < -0.4 is 4.40 Å². The van der Waals surface area contributed by atoms with Gasteiger partial charge in [-0.15, -0.1) is 0 Å². The second-order valence-electron chi connectivity index (χ2n) is 9.97. The van der Waals surface area contributed by atoms with E-state index < -0.39 is 13.3 Å². The summed E-state index contributed by atoms with van der Waals surface area (Å²) in [5, 5.41) is 2.40. The van der Waals surface area contributed by atoms with Crippen molar-refractivity contribution in [3.8, 4) is 33.8 Å². The molecule has 0 aliphatic carbocycles. The Morgan fingerprint density at radius 2 is 1.40 bits per heavy atom. The van der Waals surface area contributed by atoms with Gasteiger partial charge in [0.15, 0.2) is 0 Å². The van der Waals surface area contributed by atoms with E-state index in [2.05, 4.69) is 77.9 Å². The van der Waals surface area contributed by atoms with Crippen LogP contribution in [0.1, 0.15) is 0 Å². The Labute approximate surface area is 207 Å². The van der Waals surface area contributed by atoms with Crippen LogP contribution in [0.25, 0.3) is 55.7 Å². The summed E-state index contributed by atoms with van der Waals surface area (Å²) in [6.07, 6.45) is 1.92. The van der Waals surface area contributed by atoms with E-state index in [4.69, 9.17) is 14.4 Å². The van der Waals surface area contributed by atoms with Crippen molar-refractivity contribution in [1.29, 1.82) is 0 Å². The Morgan fingerprint density at radius 1 is 0.686 bits per heavy atom. The van der Waals surface area contributed by atoms with E-state index >= 15 is 0 Å². The molecule has 0 aliphatic rings. The van der Waals surface area contributed by atoms with Gasteiger partial charge in [0.2, 0.25) is 0 Å². The third-order valence-electron chi connectivity index (χ3n) is 6.50. The molecule has 4 heteroatoms. The average molecular weight is 515 g/mol. The Kier molecular flexibility index (Phi) is 5.30. The van der Waals surface area contributed by atoms with Crippen LogP contribution >= 0.6 is 0 Å². The molecule has 0 bridgehead atoms. The number of nitrogens with zero attached hydrogens (tertiary/aromatic N) is 2. The molecule has 0 saturated heterocycles. The molecule has 0 saturated carbocycles. The molecule has 0 aliphatic heterocycles. The summed E-state index contributed by atoms with van der Waals surface area (Å²) < 4.78 is 7.85. The molecule has 0 N–H and O–H groups in total. The molecule has 170 valence electrons. The fraction of sp³-hybridized carbons (Fsp3) is 0.0968. The summed E-state index contributed by atoms with van der Waals surface area (Å²) in [6.45, 7) is 0. The first-order valence-corrected chi connectivity index (χ1v) is 19.3. The molecule has 6 aromatic rings. The van der Waals surface area contributed by atoms with Crippen molar-refractivity contribution in [3.63, 3.8) is 0 Å². The predicted molar refractivity (Wildman–Crippen MR) is 149 cm³/mol. The Hall–Kier alpha value is -3.70. The van der Waals surface area contributed by atoms with Crippen molar-refractivity contribution >= 4 is 39.5 Å². The van der Waals surface area contributed by atoms with Crippen LogP contribution in [0.4, 0.5) is 0 Å². The van der Waals surface area contributed by atoms with Crippen molar-refractivity contribution < 1.29 is 4.42 Å². The number of benzene rings is 4. The SMILES string of the molecule is [CH3][Ge]([CH3])([CH3])[c]1ccc2c(-c3cc(-c4ccccc4)c4oc(-c5ccccc5)nc4c3)nccc2c1. The van der Waals surface area contributed by atoms with Gasteiger partial charge in [-0.05, 0) is 0 Å². The number of aromatic nitrogens is 2. The van der Waals surface area contributed by atoms with E-state index in [1.807, 2.05) is 42.6 Å². The van der Waals surface area contributed by atoms with Crippen LogP contribution in [-0.4, -0.2) is 23.2 Å². The first-order valence-electron chi connectivity index (χ1n) is 11.9. The Bertz CT molecular complexity index is 1670. The van der Waals surface area contributed by atoms with E-state index in [9.17, 15) is 0 Å². The standard InChI is InChI=1S/C31H26GeN2O/c1-32(2,3)25-14-15-26-23(18-25)16-17-33-29(26)24-19-27(21-10-6-4-7-11-21)30-28(20-24)34-31(35-30)22-12-8-5-9-13-22/h4-20H,1-3H3. The summed E-state index contributed by atoms with van der Waals surface area (Å²) in [6, 6.07) is 33.7. The van der Waals surface area contributed by atoms with Crippen LogP contribution in [0.15, 0.2) is 108 Å². The van der Waals surface area contributed by atoms with Gasteiger partial charge < -0.3 is 0 Å². The molecule has 3 nitrogen and oxygen atoms in total. The third-order valence-corrected chi connectivity index (χ3v) is 10.8. The fourth-order valence-electron chi connectivity index (χ4n) is 4.58. The maximum atomic E-state index is 6.35. The fourth-order valence-corrected chi connectivity index (χ4v) is 7.04. The van der Waals surface area contributed by atoms with Gasteiger partial charge >= 0.3 is 190 Å². The maximum absolute atomic E-state index is 6.35. The molecule has 0 amide bonds. The van der Waals surface area contributed by atoms with Crippen LogP contribution in [0.3, 0.4) is 0 Å². The van der Waals surface area contributed by atoms with E-state index in [1.54, 1.807) is 0 Å². The first-order chi connectivity index (χ1) is 17.0. The quantitative estimate of drug-likeness (QED) is 0.224. The van der Waals surface area contributed by atoms with E-state index in [0.717, 1.165) is 44.4 Å². The predicted octanol–water partition coefficient (Wildman–Crippen LogP) is 7.92. The average Bonchev–Trinajstić information content (AvgIpc) is 3.32. The summed E-state index contributed by atoms with van der Waals surface area (Å²) in [7, 11) is 0. The monoisotopic (exact) mass is 516 g/mol. The van der Waals surface area contributed by atoms with Crippen molar-refractivity contribution in [2.75, 3.05) is 0 Å². The first kappa shape index (κ1) is 21.8. The molecule has 0 spiro atoms. The van der Waals surface area contributed by atoms with Crippen LogP contribution in [0, 0.1) is 0 Å². The van der Waals surface area contributed by atoms with E-state index in [-0.39, 0.29) is 0 Å². The molecule has 35 heavy (non-hydrogen) atoms. The zero-order chi connectivity index (χ0) is 24.0. The van der Waals surface area contributed by atoms with E-state index in [0.29, 0.717) is 5.89 Å². The topological polar surface area (TPSA) is 38.9 Å². The van der Waals surface area contributed by atoms with Gasteiger partial charge in [0.25, 0.3) is 0 Å².